The van der Waals surface area contributed by atoms with Crippen molar-refractivity contribution < 1.29 is 14.7 Å². The molecule has 0 aliphatic carbocycles. The summed E-state index contributed by atoms with van der Waals surface area (Å²) in [4.78, 5) is 24.5. The zero-order chi connectivity index (χ0) is 12.3. The van der Waals surface area contributed by atoms with E-state index in [0.29, 0.717) is 18.7 Å². The van der Waals surface area contributed by atoms with E-state index in [1.54, 1.807) is 17.0 Å². The molecule has 1 aromatic rings. The van der Waals surface area contributed by atoms with Gasteiger partial charge in [-0.15, -0.1) is 12.4 Å². The summed E-state index contributed by atoms with van der Waals surface area (Å²) in [7, 11) is 0. The maximum atomic E-state index is 12.0. The Hall–Kier alpha value is -1.59. The molecule has 0 atom stereocenters. The van der Waals surface area contributed by atoms with Crippen molar-refractivity contribution >= 4 is 24.3 Å². The van der Waals surface area contributed by atoms with Crippen molar-refractivity contribution in [2.24, 2.45) is 0 Å². The van der Waals surface area contributed by atoms with Crippen molar-refractivity contribution in [3.63, 3.8) is 0 Å². The maximum Gasteiger partial charge on any atom is 0.335 e. The Bertz CT molecular complexity index is 427. The van der Waals surface area contributed by atoms with E-state index in [1.807, 2.05) is 0 Å². The molecule has 6 heteroatoms. The van der Waals surface area contributed by atoms with Gasteiger partial charge in [0.1, 0.15) is 0 Å². The number of hydrogen-bond acceptors (Lipinski definition) is 3. The Morgan fingerprint density at radius 3 is 2.06 bits per heavy atom. The molecule has 0 spiro atoms. The minimum absolute atomic E-state index is 0. The molecule has 1 saturated heterocycles. The summed E-state index contributed by atoms with van der Waals surface area (Å²) in [6.07, 6.45) is 0. The van der Waals surface area contributed by atoms with Gasteiger partial charge in [0.05, 0.1) is 5.56 Å². The molecular weight excluding hydrogens is 256 g/mol. The van der Waals surface area contributed by atoms with Gasteiger partial charge in [0, 0.05) is 31.7 Å². The lowest BCUT2D eigenvalue weighted by Gasteiger charge is -2.27. The van der Waals surface area contributed by atoms with Gasteiger partial charge in [-0.25, -0.2) is 4.79 Å². The lowest BCUT2D eigenvalue weighted by atomic mass is 10.1. The molecule has 1 fully saturated rings. The number of nitrogens with one attached hydrogen (secondary N) is 1. The first-order valence-electron chi connectivity index (χ1n) is 5.52. The van der Waals surface area contributed by atoms with E-state index < -0.39 is 5.97 Å². The highest BCUT2D eigenvalue weighted by Gasteiger charge is 2.17. The van der Waals surface area contributed by atoms with Gasteiger partial charge < -0.3 is 15.3 Å². The summed E-state index contributed by atoms with van der Waals surface area (Å²) in [5, 5.41) is 11.9. The monoisotopic (exact) mass is 270 g/mol. The van der Waals surface area contributed by atoms with Crippen LogP contribution in [-0.4, -0.2) is 48.1 Å². The predicted molar refractivity (Wildman–Crippen MR) is 69.4 cm³/mol. The summed E-state index contributed by atoms with van der Waals surface area (Å²) in [6, 6.07) is 6.04. The van der Waals surface area contributed by atoms with Crippen LogP contribution in [0, 0.1) is 0 Å². The summed E-state index contributed by atoms with van der Waals surface area (Å²) in [5.74, 6) is -1.02. The fraction of sp³-hybridized carbons (Fsp3) is 0.333. The van der Waals surface area contributed by atoms with E-state index in [9.17, 15) is 9.59 Å². The summed E-state index contributed by atoms with van der Waals surface area (Å²) in [6.45, 7) is 3.00. The van der Waals surface area contributed by atoms with Crippen LogP contribution in [0.15, 0.2) is 24.3 Å². The van der Waals surface area contributed by atoms with E-state index >= 15 is 0 Å². The lowest BCUT2D eigenvalue weighted by Crippen LogP contribution is -2.46. The molecule has 18 heavy (non-hydrogen) atoms. The molecule has 0 aromatic heterocycles. The van der Waals surface area contributed by atoms with E-state index in [0.717, 1.165) is 13.1 Å². The zero-order valence-electron chi connectivity index (χ0n) is 9.76. The number of carboxylic acids is 1. The van der Waals surface area contributed by atoms with Gasteiger partial charge in [-0.05, 0) is 24.3 Å². The highest BCUT2D eigenvalue weighted by atomic mass is 35.5. The number of carbonyl (C=O) groups excluding carboxylic acids is 1. The first kappa shape index (κ1) is 14.5. The number of nitrogens with zero attached hydrogens (tertiary/aromatic N) is 1. The van der Waals surface area contributed by atoms with Crippen molar-refractivity contribution in [2.75, 3.05) is 26.2 Å². The Labute approximate surface area is 111 Å². The molecule has 0 saturated carbocycles. The van der Waals surface area contributed by atoms with E-state index in [4.69, 9.17) is 5.11 Å². The van der Waals surface area contributed by atoms with Crippen LogP contribution in [0.2, 0.25) is 0 Å². The number of aromatic carboxylic acids is 1. The summed E-state index contributed by atoms with van der Waals surface area (Å²) < 4.78 is 0. The van der Waals surface area contributed by atoms with Gasteiger partial charge in [-0.3, -0.25) is 4.79 Å². The van der Waals surface area contributed by atoms with Gasteiger partial charge in [0.25, 0.3) is 5.91 Å². The molecule has 1 aliphatic rings. The molecule has 1 heterocycles. The third-order valence-electron chi connectivity index (χ3n) is 2.78. The SMILES string of the molecule is Cl.O=C(O)c1ccc(C(=O)N2CCNCC2)cc1. The molecule has 1 amide bonds. The highest BCUT2D eigenvalue weighted by Crippen LogP contribution is 2.08. The average Bonchev–Trinajstić information content (AvgIpc) is 2.39. The van der Waals surface area contributed by atoms with Crippen LogP contribution in [0.1, 0.15) is 20.7 Å². The van der Waals surface area contributed by atoms with Gasteiger partial charge in [0.15, 0.2) is 0 Å². The Morgan fingerprint density at radius 1 is 1.06 bits per heavy atom. The number of halogens is 1. The van der Waals surface area contributed by atoms with Crippen molar-refractivity contribution in [3.8, 4) is 0 Å². The smallest absolute Gasteiger partial charge is 0.335 e. The first-order chi connectivity index (χ1) is 8.18. The molecule has 0 bridgehead atoms. The lowest BCUT2D eigenvalue weighted by molar-refractivity contribution is 0.0692. The molecule has 98 valence electrons. The van der Waals surface area contributed by atoms with Crippen LogP contribution in [0.3, 0.4) is 0 Å². The van der Waals surface area contributed by atoms with Gasteiger partial charge in [-0.1, -0.05) is 0 Å². The number of amides is 1. The quantitative estimate of drug-likeness (QED) is 0.836. The number of hydrogen-bond donors (Lipinski definition) is 2. The minimum atomic E-state index is -0.980. The minimum Gasteiger partial charge on any atom is -0.478 e. The predicted octanol–water partition coefficient (Wildman–Crippen LogP) is 0.852. The third-order valence-corrected chi connectivity index (χ3v) is 2.78. The van der Waals surface area contributed by atoms with Crippen LogP contribution < -0.4 is 5.32 Å². The fourth-order valence-electron chi connectivity index (χ4n) is 1.81. The van der Waals surface area contributed by atoms with Crippen LogP contribution in [0.4, 0.5) is 0 Å². The van der Waals surface area contributed by atoms with Gasteiger partial charge in [-0.2, -0.15) is 0 Å². The highest BCUT2D eigenvalue weighted by molar-refractivity contribution is 5.96. The second-order valence-corrected chi connectivity index (χ2v) is 3.92. The molecule has 1 aromatic carbocycles. The maximum absolute atomic E-state index is 12.0. The van der Waals surface area contributed by atoms with Crippen LogP contribution in [0.25, 0.3) is 0 Å². The number of carboxylic acid groups (broad SMARTS) is 1. The average molecular weight is 271 g/mol. The van der Waals surface area contributed by atoms with Crippen molar-refractivity contribution in [2.45, 2.75) is 0 Å². The first-order valence-corrected chi connectivity index (χ1v) is 5.52. The van der Waals surface area contributed by atoms with E-state index in [-0.39, 0.29) is 23.9 Å². The van der Waals surface area contributed by atoms with Gasteiger partial charge >= 0.3 is 5.97 Å². The second-order valence-electron chi connectivity index (χ2n) is 3.92. The Balaban J connectivity index is 0.00000162. The van der Waals surface area contributed by atoms with Crippen molar-refractivity contribution in [3.05, 3.63) is 35.4 Å². The van der Waals surface area contributed by atoms with Crippen LogP contribution in [0.5, 0.6) is 0 Å². The molecule has 5 nitrogen and oxygen atoms in total. The van der Waals surface area contributed by atoms with E-state index in [2.05, 4.69) is 5.32 Å². The molecule has 1 aliphatic heterocycles. The Kier molecular flexibility index (Phi) is 5.12. The number of rotatable bonds is 2. The van der Waals surface area contributed by atoms with E-state index in [1.165, 1.54) is 12.1 Å². The Morgan fingerprint density at radius 2 is 1.56 bits per heavy atom. The normalized spacial score (nSPS) is 14.8. The number of carbonyl (C=O) groups is 2. The molecule has 0 radical (unpaired) electrons. The fourth-order valence-corrected chi connectivity index (χ4v) is 1.81. The van der Waals surface area contributed by atoms with Crippen molar-refractivity contribution in [1.82, 2.24) is 10.2 Å². The van der Waals surface area contributed by atoms with Crippen LogP contribution in [-0.2, 0) is 0 Å². The summed E-state index contributed by atoms with van der Waals surface area (Å²) in [5.41, 5.74) is 0.735. The van der Waals surface area contributed by atoms with Crippen LogP contribution >= 0.6 is 12.4 Å². The number of benzene rings is 1. The van der Waals surface area contributed by atoms with Crippen molar-refractivity contribution in [1.29, 1.82) is 0 Å². The van der Waals surface area contributed by atoms with Gasteiger partial charge in [0.2, 0.25) is 0 Å². The number of piperazine rings is 1. The topological polar surface area (TPSA) is 69.6 Å². The zero-order valence-corrected chi connectivity index (χ0v) is 10.6. The second kappa shape index (κ2) is 6.37. The largest absolute Gasteiger partial charge is 0.478 e. The third kappa shape index (κ3) is 3.21. The standard InChI is InChI=1S/C12H14N2O3.ClH/c15-11(14-7-5-13-6-8-14)9-1-3-10(4-2-9)12(16)17;/h1-4,13H,5-8H2,(H,16,17);1H. The molecular formula is C12H15ClN2O3. The molecule has 2 rings (SSSR count). The molecule has 2 N–H and O–H groups in total. The molecule has 0 unspecified atom stereocenters. The summed E-state index contributed by atoms with van der Waals surface area (Å²) >= 11 is 0.